The number of hydrogen-bond acceptors (Lipinski definition) is 6. The van der Waals surface area contributed by atoms with Crippen LogP contribution in [-0.2, 0) is 29.8 Å². The Bertz CT molecular complexity index is 1520. The van der Waals surface area contributed by atoms with Gasteiger partial charge in [-0.2, -0.15) is 17.5 Å². The number of methoxy groups -OCH3 is 1. The molecule has 0 saturated carbocycles. The number of pyridine rings is 1. The van der Waals surface area contributed by atoms with E-state index in [2.05, 4.69) is 15.3 Å². The van der Waals surface area contributed by atoms with Gasteiger partial charge >= 0.3 is 6.18 Å². The van der Waals surface area contributed by atoms with Crippen LogP contribution < -0.4 is 10.1 Å². The quantitative estimate of drug-likeness (QED) is 0.300. The van der Waals surface area contributed by atoms with E-state index in [4.69, 9.17) is 4.74 Å². The largest absolute Gasteiger partial charge is 0.497 e. The van der Waals surface area contributed by atoms with E-state index in [0.29, 0.717) is 22.7 Å². The molecular weight excluding hydrogens is 519 g/mol. The number of alkyl halides is 3. The van der Waals surface area contributed by atoms with E-state index in [0.717, 1.165) is 23.9 Å². The lowest BCUT2D eigenvalue weighted by atomic mass is 10.1. The van der Waals surface area contributed by atoms with Gasteiger partial charge in [0.25, 0.3) is 0 Å². The molecule has 0 spiro atoms. The van der Waals surface area contributed by atoms with Crippen molar-refractivity contribution in [3.05, 3.63) is 84.4 Å². The zero-order valence-electron chi connectivity index (χ0n) is 20.9. The van der Waals surface area contributed by atoms with Gasteiger partial charge in [0.15, 0.2) is 0 Å². The number of rotatable bonds is 9. The third-order valence-corrected chi connectivity index (χ3v) is 7.75. The SMILES string of the molecule is CCN(Cc1ccc(OC)cc1)S(=O)(=O)c1ccc(Nc2cc(C(F)(F)F)ccn2)c(-c2cn(C)cn2)c1. The van der Waals surface area contributed by atoms with Crippen molar-refractivity contribution >= 4 is 21.5 Å². The molecule has 4 aromatic rings. The van der Waals surface area contributed by atoms with E-state index in [1.807, 2.05) is 0 Å². The van der Waals surface area contributed by atoms with Crippen molar-refractivity contribution in [2.75, 3.05) is 19.0 Å². The molecule has 38 heavy (non-hydrogen) atoms. The van der Waals surface area contributed by atoms with Crippen molar-refractivity contribution in [2.24, 2.45) is 7.05 Å². The van der Waals surface area contributed by atoms with E-state index in [9.17, 15) is 21.6 Å². The van der Waals surface area contributed by atoms with Crippen LogP contribution in [0.15, 0.2) is 78.2 Å². The Labute approximate surface area is 218 Å². The fourth-order valence-corrected chi connectivity index (χ4v) is 5.28. The summed E-state index contributed by atoms with van der Waals surface area (Å²) < 4.78 is 75.0. The van der Waals surface area contributed by atoms with Gasteiger partial charge < -0.3 is 14.6 Å². The third-order valence-electron chi connectivity index (χ3n) is 5.83. The number of nitrogens with zero attached hydrogens (tertiary/aromatic N) is 4. The maximum absolute atomic E-state index is 13.6. The highest BCUT2D eigenvalue weighted by Crippen LogP contribution is 2.34. The molecule has 0 aliphatic carbocycles. The molecule has 1 N–H and O–H groups in total. The number of imidazole rings is 1. The molecule has 200 valence electrons. The average molecular weight is 546 g/mol. The summed E-state index contributed by atoms with van der Waals surface area (Å²) in [6.07, 6.45) is -0.242. The maximum Gasteiger partial charge on any atom is 0.416 e. The van der Waals surface area contributed by atoms with Crippen LogP contribution in [0.1, 0.15) is 18.1 Å². The Kier molecular flexibility index (Phi) is 7.74. The van der Waals surface area contributed by atoms with Crippen LogP contribution >= 0.6 is 0 Å². The molecule has 2 aromatic heterocycles. The van der Waals surface area contributed by atoms with Gasteiger partial charge in [0, 0.05) is 43.8 Å². The van der Waals surface area contributed by atoms with Crippen LogP contribution in [0.2, 0.25) is 0 Å². The topological polar surface area (TPSA) is 89.4 Å². The Balaban J connectivity index is 1.71. The van der Waals surface area contributed by atoms with Crippen molar-refractivity contribution in [3.8, 4) is 17.0 Å². The number of ether oxygens (including phenoxy) is 1. The summed E-state index contributed by atoms with van der Waals surface area (Å²) in [7, 11) is -0.619. The molecule has 2 heterocycles. The van der Waals surface area contributed by atoms with Crippen molar-refractivity contribution in [3.63, 3.8) is 0 Å². The minimum absolute atomic E-state index is 0.0241. The fraction of sp³-hybridized carbons (Fsp3) is 0.231. The van der Waals surface area contributed by atoms with E-state index in [1.54, 1.807) is 62.4 Å². The summed E-state index contributed by atoms with van der Waals surface area (Å²) in [5, 5.41) is 2.88. The molecule has 4 rings (SSSR count). The molecule has 0 atom stereocenters. The monoisotopic (exact) mass is 545 g/mol. The van der Waals surface area contributed by atoms with Gasteiger partial charge in [-0.05, 0) is 48.0 Å². The standard InChI is InChI=1S/C26H26F3N5O3S/c1-4-34(15-18-5-7-20(37-3)8-6-18)38(35,36)21-9-10-23(22(14-21)24-16-33(2)17-31-24)32-25-13-19(11-12-30-25)26(27,28)29/h5-14,16-17H,4,15H2,1-3H3,(H,30,32). The molecule has 0 radical (unpaired) electrons. The summed E-state index contributed by atoms with van der Waals surface area (Å²) in [6, 6.07) is 13.3. The van der Waals surface area contributed by atoms with Crippen LogP contribution in [0.3, 0.4) is 0 Å². The number of benzene rings is 2. The lowest BCUT2D eigenvalue weighted by Crippen LogP contribution is -2.30. The number of sulfonamides is 1. The Morgan fingerprint density at radius 3 is 2.39 bits per heavy atom. The first-order chi connectivity index (χ1) is 18.0. The summed E-state index contributed by atoms with van der Waals surface area (Å²) in [5.74, 6) is 0.625. The van der Waals surface area contributed by atoms with Crippen molar-refractivity contribution in [1.82, 2.24) is 18.8 Å². The molecule has 0 unspecified atom stereocenters. The van der Waals surface area contributed by atoms with Crippen molar-refractivity contribution in [2.45, 2.75) is 24.5 Å². The van der Waals surface area contributed by atoms with Gasteiger partial charge in [-0.3, -0.25) is 0 Å². The van der Waals surface area contributed by atoms with E-state index in [-0.39, 0.29) is 23.8 Å². The highest BCUT2D eigenvalue weighted by molar-refractivity contribution is 7.89. The predicted octanol–water partition coefficient (Wildman–Crippen LogP) is 5.46. The minimum Gasteiger partial charge on any atom is -0.497 e. The predicted molar refractivity (Wildman–Crippen MR) is 137 cm³/mol. The second-order valence-electron chi connectivity index (χ2n) is 8.46. The van der Waals surface area contributed by atoms with Crippen LogP contribution in [-0.4, -0.2) is 40.9 Å². The zero-order valence-corrected chi connectivity index (χ0v) is 21.7. The van der Waals surface area contributed by atoms with Crippen molar-refractivity contribution in [1.29, 1.82) is 0 Å². The van der Waals surface area contributed by atoms with Gasteiger partial charge in [-0.15, -0.1) is 0 Å². The van der Waals surface area contributed by atoms with Gasteiger partial charge in [0.2, 0.25) is 10.0 Å². The summed E-state index contributed by atoms with van der Waals surface area (Å²) in [4.78, 5) is 8.33. The van der Waals surface area contributed by atoms with E-state index >= 15 is 0 Å². The molecular formula is C26H26F3N5O3S. The van der Waals surface area contributed by atoms with Crippen LogP contribution in [0, 0.1) is 0 Å². The molecule has 0 saturated heterocycles. The minimum atomic E-state index is -4.53. The number of hydrogen-bond donors (Lipinski definition) is 1. The van der Waals surface area contributed by atoms with Crippen molar-refractivity contribution < 1.29 is 26.3 Å². The second kappa shape index (κ2) is 10.8. The summed E-state index contributed by atoms with van der Waals surface area (Å²) >= 11 is 0. The smallest absolute Gasteiger partial charge is 0.416 e. The Morgan fingerprint density at radius 1 is 1.05 bits per heavy atom. The van der Waals surface area contributed by atoms with E-state index in [1.165, 1.54) is 22.5 Å². The highest BCUT2D eigenvalue weighted by atomic mass is 32.2. The molecule has 12 heteroatoms. The third kappa shape index (κ3) is 5.97. The number of aromatic nitrogens is 3. The molecule has 0 bridgehead atoms. The van der Waals surface area contributed by atoms with E-state index < -0.39 is 21.8 Å². The van der Waals surface area contributed by atoms with Crippen LogP contribution in [0.5, 0.6) is 5.75 Å². The first-order valence-electron chi connectivity index (χ1n) is 11.6. The zero-order chi connectivity index (χ0) is 27.5. The molecule has 0 fully saturated rings. The number of halogens is 3. The first kappa shape index (κ1) is 27.1. The number of nitrogens with one attached hydrogen (secondary N) is 1. The lowest BCUT2D eigenvalue weighted by molar-refractivity contribution is -0.137. The molecule has 8 nitrogen and oxygen atoms in total. The number of aryl methyl sites for hydroxylation is 1. The Hall–Kier alpha value is -3.90. The molecule has 0 aliphatic heterocycles. The summed E-state index contributed by atoms with van der Waals surface area (Å²) in [5.41, 5.74) is 1.12. The van der Waals surface area contributed by atoms with Crippen LogP contribution in [0.4, 0.5) is 24.7 Å². The van der Waals surface area contributed by atoms with Gasteiger partial charge in [-0.25, -0.2) is 18.4 Å². The first-order valence-corrected chi connectivity index (χ1v) is 13.0. The molecule has 2 aromatic carbocycles. The number of anilines is 2. The van der Waals surface area contributed by atoms with Gasteiger partial charge in [0.1, 0.15) is 11.6 Å². The summed E-state index contributed by atoms with van der Waals surface area (Å²) in [6.45, 7) is 2.12. The van der Waals surface area contributed by atoms with Gasteiger partial charge in [0.05, 0.1) is 29.6 Å². The normalized spacial score (nSPS) is 12.1. The lowest BCUT2D eigenvalue weighted by Gasteiger charge is -2.22. The van der Waals surface area contributed by atoms with Crippen LogP contribution in [0.25, 0.3) is 11.3 Å². The Morgan fingerprint density at radius 2 is 1.79 bits per heavy atom. The second-order valence-corrected chi connectivity index (χ2v) is 10.4. The average Bonchev–Trinajstić information content (AvgIpc) is 3.33. The highest BCUT2D eigenvalue weighted by Gasteiger charge is 2.31. The van der Waals surface area contributed by atoms with Gasteiger partial charge in [-0.1, -0.05) is 19.1 Å². The maximum atomic E-state index is 13.6. The molecule has 0 amide bonds. The fourth-order valence-electron chi connectivity index (χ4n) is 3.82. The molecule has 0 aliphatic rings.